The molecule has 0 radical (unpaired) electrons. The van der Waals surface area contributed by atoms with Gasteiger partial charge in [0, 0.05) is 17.1 Å². The van der Waals surface area contributed by atoms with E-state index in [1.54, 1.807) is 9.58 Å². The number of likely N-dealkylation sites (tertiary alicyclic amines) is 1. The summed E-state index contributed by atoms with van der Waals surface area (Å²) in [5.41, 5.74) is 8.26. The van der Waals surface area contributed by atoms with Gasteiger partial charge in [0.05, 0.1) is 17.3 Å². The fourth-order valence-corrected chi connectivity index (χ4v) is 4.26. The molecular weight excluding hydrogens is 292 g/mol. The van der Waals surface area contributed by atoms with Crippen LogP contribution in [0, 0.1) is 12.8 Å². The van der Waals surface area contributed by atoms with Crippen LogP contribution in [0.2, 0.25) is 0 Å². The van der Waals surface area contributed by atoms with Crippen LogP contribution in [0.1, 0.15) is 25.0 Å². The minimum atomic E-state index is -0.255. The number of carbonyl (C=O) groups is 2. The first kappa shape index (κ1) is 14.2. The van der Waals surface area contributed by atoms with Crippen LogP contribution in [0.3, 0.4) is 0 Å². The summed E-state index contributed by atoms with van der Waals surface area (Å²) in [5.74, 6) is 0.314. The van der Waals surface area contributed by atoms with E-state index in [1.807, 2.05) is 25.1 Å². The van der Waals surface area contributed by atoms with Gasteiger partial charge in [-0.3, -0.25) is 9.48 Å². The highest BCUT2D eigenvalue weighted by atomic mass is 16.2. The van der Waals surface area contributed by atoms with Gasteiger partial charge in [0.15, 0.2) is 0 Å². The van der Waals surface area contributed by atoms with Crippen molar-refractivity contribution in [1.29, 1.82) is 0 Å². The number of hydrogen-bond donors (Lipinski definition) is 1. The number of hydrogen-bond acceptors (Lipinski definition) is 4. The van der Waals surface area contributed by atoms with Crippen molar-refractivity contribution >= 4 is 28.8 Å². The number of anilines is 1. The molecule has 1 saturated carbocycles. The molecule has 0 spiro atoms. The van der Waals surface area contributed by atoms with Crippen LogP contribution in [-0.2, 0) is 16.1 Å². The highest BCUT2D eigenvalue weighted by Gasteiger charge is 2.47. The SMILES string of the molecule is Cc1nn(CC(=O)N2C3CCC(C3)C2C=O)c2cc(N)ccc12. The summed E-state index contributed by atoms with van der Waals surface area (Å²) >= 11 is 0. The number of aldehydes is 1. The Morgan fingerprint density at radius 3 is 3.04 bits per heavy atom. The number of piperidine rings is 1. The van der Waals surface area contributed by atoms with Crippen molar-refractivity contribution in [1.82, 2.24) is 14.7 Å². The lowest BCUT2D eigenvalue weighted by Gasteiger charge is -2.32. The van der Waals surface area contributed by atoms with Crippen LogP contribution in [0.5, 0.6) is 0 Å². The number of aryl methyl sites for hydroxylation is 1. The third-order valence-corrected chi connectivity index (χ3v) is 5.32. The molecule has 2 heterocycles. The molecule has 1 aliphatic heterocycles. The first-order chi connectivity index (χ1) is 11.1. The number of aromatic nitrogens is 2. The predicted molar refractivity (Wildman–Crippen MR) is 86.7 cm³/mol. The summed E-state index contributed by atoms with van der Waals surface area (Å²) in [4.78, 5) is 26.0. The zero-order chi connectivity index (χ0) is 16.1. The number of amides is 1. The standard InChI is InChI=1S/C17H20N4O2/c1-10-14-5-3-12(18)7-15(14)20(19-10)8-17(23)21-13-4-2-11(6-13)16(21)9-22/h3,5,7,9,11,13,16H,2,4,6,8,18H2,1H3. The monoisotopic (exact) mass is 312 g/mol. The molecule has 2 N–H and O–H groups in total. The van der Waals surface area contributed by atoms with E-state index in [4.69, 9.17) is 5.73 Å². The average molecular weight is 312 g/mol. The van der Waals surface area contributed by atoms with Crippen molar-refractivity contribution < 1.29 is 9.59 Å². The molecule has 6 nitrogen and oxygen atoms in total. The van der Waals surface area contributed by atoms with Crippen LogP contribution in [0.15, 0.2) is 18.2 Å². The minimum Gasteiger partial charge on any atom is -0.399 e. The number of fused-ring (bicyclic) bond motifs is 3. The van der Waals surface area contributed by atoms with E-state index in [-0.39, 0.29) is 24.5 Å². The van der Waals surface area contributed by atoms with Crippen LogP contribution in [0.4, 0.5) is 5.69 Å². The minimum absolute atomic E-state index is 0.0267. The Balaban J connectivity index is 1.64. The van der Waals surface area contributed by atoms with E-state index in [2.05, 4.69) is 5.10 Å². The summed E-state index contributed by atoms with van der Waals surface area (Å²) in [7, 11) is 0. The molecule has 4 rings (SSSR count). The molecular formula is C17H20N4O2. The predicted octanol–water partition coefficient (Wildman–Crippen LogP) is 1.51. The molecule has 2 bridgehead atoms. The van der Waals surface area contributed by atoms with Gasteiger partial charge in [-0.15, -0.1) is 0 Å². The Bertz CT molecular complexity index is 797. The van der Waals surface area contributed by atoms with E-state index in [0.29, 0.717) is 11.6 Å². The number of benzene rings is 1. The second-order valence-corrected chi connectivity index (χ2v) is 6.67. The average Bonchev–Trinajstić information content (AvgIpc) is 3.21. The molecule has 1 amide bonds. The molecule has 1 saturated heterocycles. The number of nitrogen functional groups attached to an aromatic ring is 1. The fourth-order valence-electron chi connectivity index (χ4n) is 4.26. The van der Waals surface area contributed by atoms with Gasteiger partial charge in [-0.2, -0.15) is 5.10 Å². The Morgan fingerprint density at radius 2 is 2.26 bits per heavy atom. The number of nitrogens with two attached hydrogens (primary N) is 1. The van der Waals surface area contributed by atoms with Gasteiger partial charge in [0.2, 0.25) is 5.91 Å². The first-order valence-electron chi connectivity index (χ1n) is 8.07. The molecule has 6 heteroatoms. The van der Waals surface area contributed by atoms with E-state index >= 15 is 0 Å². The molecule has 2 aliphatic rings. The third kappa shape index (κ3) is 2.12. The highest BCUT2D eigenvalue weighted by Crippen LogP contribution is 2.41. The van der Waals surface area contributed by atoms with E-state index in [1.165, 1.54) is 0 Å². The molecule has 1 aliphatic carbocycles. The van der Waals surface area contributed by atoms with Gasteiger partial charge in [-0.1, -0.05) is 0 Å². The summed E-state index contributed by atoms with van der Waals surface area (Å²) in [6.07, 6.45) is 3.96. The maximum atomic E-state index is 12.8. The van der Waals surface area contributed by atoms with Gasteiger partial charge in [-0.05, 0) is 50.3 Å². The molecule has 1 aromatic carbocycles. The van der Waals surface area contributed by atoms with E-state index in [0.717, 1.165) is 42.1 Å². The van der Waals surface area contributed by atoms with Gasteiger partial charge in [0.1, 0.15) is 12.8 Å². The van der Waals surface area contributed by atoms with Gasteiger partial charge in [0.25, 0.3) is 0 Å². The van der Waals surface area contributed by atoms with Gasteiger partial charge < -0.3 is 15.4 Å². The second kappa shape index (κ2) is 5.08. The molecule has 2 aromatic rings. The lowest BCUT2D eigenvalue weighted by atomic mass is 10.00. The van der Waals surface area contributed by atoms with Crippen molar-refractivity contribution in [3.05, 3.63) is 23.9 Å². The molecule has 23 heavy (non-hydrogen) atoms. The van der Waals surface area contributed by atoms with Crippen LogP contribution >= 0.6 is 0 Å². The zero-order valence-corrected chi connectivity index (χ0v) is 13.1. The number of rotatable bonds is 3. The molecule has 3 unspecified atom stereocenters. The smallest absolute Gasteiger partial charge is 0.245 e. The number of carbonyl (C=O) groups excluding carboxylic acids is 2. The van der Waals surface area contributed by atoms with Crippen molar-refractivity contribution in [2.45, 2.75) is 44.8 Å². The molecule has 3 atom stereocenters. The fraction of sp³-hybridized carbons (Fsp3) is 0.471. The Hall–Kier alpha value is -2.37. The van der Waals surface area contributed by atoms with Gasteiger partial charge in [-0.25, -0.2) is 0 Å². The largest absolute Gasteiger partial charge is 0.399 e. The van der Waals surface area contributed by atoms with Crippen LogP contribution in [-0.4, -0.2) is 39.0 Å². The Morgan fingerprint density at radius 1 is 1.43 bits per heavy atom. The Kier molecular flexibility index (Phi) is 3.14. The zero-order valence-electron chi connectivity index (χ0n) is 13.1. The van der Waals surface area contributed by atoms with Gasteiger partial charge >= 0.3 is 0 Å². The summed E-state index contributed by atoms with van der Waals surface area (Å²) in [6.45, 7) is 2.08. The maximum absolute atomic E-state index is 12.8. The molecule has 1 aromatic heterocycles. The van der Waals surface area contributed by atoms with Crippen LogP contribution < -0.4 is 5.73 Å². The van der Waals surface area contributed by atoms with Crippen molar-refractivity contribution in [2.75, 3.05) is 5.73 Å². The lowest BCUT2D eigenvalue weighted by molar-refractivity contribution is -0.139. The number of nitrogens with zero attached hydrogens (tertiary/aromatic N) is 3. The second-order valence-electron chi connectivity index (χ2n) is 6.67. The quantitative estimate of drug-likeness (QED) is 0.688. The summed E-state index contributed by atoms with van der Waals surface area (Å²) in [5, 5.41) is 5.48. The normalized spacial score (nSPS) is 26.1. The lowest BCUT2D eigenvalue weighted by Crippen LogP contribution is -2.47. The first-order valence-corrected chi connectivity index (χ1v) is 8.07. The summed E-state index contributed by atoms with van der Waals surface area (Å²) < 4.78 is 1.71. The highest BCUT2D eigenvalue weighted by molar-refractivity contribution is 5.87. The maximum Gasteiger partial charge on any atom is 0.245 e. The van der Waals surface area contributed by atoms with E-state index < -0.39 is 0 Å². The Labute approximate surface area is 134 Å². The summed E-state index contributed by atoms with van der Waals surface area (Å²) in [6, 6.07) is 5.58. The topological polar surface area (TPSA) is 81.2 Å². The van der Waals surface area contributed by atoms with Crippen molar-refractivity contribution in [3.8, 4) is 0 Å². The van der Waals surface area contributed by atoms with E-state index in [9.17, 15) is 9.59 Å². The van der Waals surface area contributed by atoms with Crippen molar-refractivity contribution in [3.63, 3.8) is 0 Å². The van der Waals surface area contributed by atoms with Crippen LogP contribution in [0.25, 0.3) is 10.9 Å². The third-order valence-electron chi connectivity index (χ3n) is 5.32. The molecule has 2 fully saturated rings. The molecule has 120 valence electrons. The van der Waals surface area contributed by atoms with Crippen molar-refractivity contribution in [2.24, 2.45) is 5.92 Å².